The Kier molecular flexibility index (Phi) is 6.98. The molecule has 1 rings (SSSR count). The van der Waals surface area contributed by atoms with Crippen LogP contribution in [0.15, 0.2) is 12.2 Å². The first kappa shape index (κ1) is 15.2. The van der Waals surface area contributed by atoms with Crippen LogP contribution in [0.3, 0.4) is 0 Å². The minimum Gasteiger partial charge on any atom is -0.465 e. The van der Waals surface area contributed by atoms with Crippen LogP contribution in [0.4, 0.5) is 0 Å². The lowest BCUT2D eigenvalue weighted by Crippen LogP contribution is -2.35. The van der Waals surface area contributed by atoms with E-state index in [9.17, 15) is 9.90 Å². The normalized spacial score (nSPS) is 20.8. The molecule has 0 aliphatic heterocycles. The fourth-order valence-electron chi connectivity index (χ4n) is 2.55. The highest BCUT2D eigenvalue weighted by atomic mass is 16.5. The maximum atomic E-state index is 11.8. The van der Waals surface area contributed by atoms with Crippen molar-refractivity contribution >= 4 is 5.97 Å². The van der Waals surface area contributed by atoms with Crippen molar-refractivity contribution < 1.29 is 19.7 Å². The SMILES string of the molecule is CCOC(=O)[C@H](/C=C/CO)[C@@H](O)C1CCCCC1. The number of esters is 1. The molecule has 1 saturated carbocycles. The van der Waals surface area contributed by atoms with Crippen molar-refractivity contribution in [2.45, 2.75) is 45.1 Å². The second-order valence-electron chi connectivity index (χ2n) is 4.78. The summed E-state index contributed by atoms with van der Waals surface area (Å²) in [5, 5.41) is 19.1. The van der Waals surface area contributed by atoms with Gasteiger partial charge >= 0.3 is 5.97 Å². The van der Waals surface area contributed by atoms with Gasteiger partial charge in [-0.25, -0.2) is 0 Å². The molecule has 0 radical (unpaired) electrons. The summed E-state index contributed by atoms with van der Waals surface area (Å²) >= 11 is 0. The van der Waals surface area contributed by atoms with Crippen molar-refractivity contribution in [3.05, 3.63) is 12.2 Å². The Morgan fingerprint density at radius 1 is 1.39 bits per heavy atom. The van der Waals surface area contributed by atoms with Crippen molar-refractivity contribution in [2.75, 3.05) is 13.2 Å². The molecule has 0 unspecified atom stereocenters. The molecule has 0 bridgehead atoms. The fraction of sp³-hybridized carbons (Fsp3) is 0.786. The summed E-state index contributed by atoms with van der Waals surface area (Å²) in [4.78, 5) is 11.8. The zero-order valence-electron chi connectivity index (χ0n) is 11.0. The average molecular weight is 256 g/mol. The smallest absolute Gasteiger partial charge is 0.315 e. The molecule has 18 heavy (non-hydrogen) atoms. The third-order valence-corrected chi connectivity index (χ3v) is 3.51. The molecule has 1 fully saturated rings. The van der Waals surface area contributed by atoms with Crippen LogP contribution >= 0.6 is 0 Å². The summed E-state index contributed by atoms with van der Waals surface area (Å²) in [6.45, 7) is 1.92. The average Bonchev–Trinajstić information content (AvgIpc) is 2.40. The molecular formula is C14H24O4. The van der Waals surface area contributed by atoms with Gasteiger partial charge in [-0.3, -0.25) is 4.79 Å². The van der Waals surface area contributed by atoms with Crippen molar-refractivity contribution in [1.29, 1.82) is 0 Å². The topological polar surface area (TPSA) is 66.8 Å². The maximum absolute atomic E-state index is 11.8. The second-order valence-corrected chi connectivity index (χ2v) is 4.78. The predicted molar refractivity (Wildman–Crippen MR) is 68.9 cm³/mol. The lowest BCUT2D eigenvalue weighted by Gasteiger charge is -2.29. The molecule has 0 aromatic carbocycles. The van der Waals surface area contributed by atoms with Gasteiger partial charge < -0.3 is 14.9 Å². The highest BCUT2D eigenvalue weighted by Crippen LogP contribution is 2.30. The Morgan fingerprint density at radius 2 is 2.06 bits per heavy atom. The minimum atomic E-state index is -0.702. The molecule has 2 N–H and O–H groups in total. The third-order valence-electron chi connectivity index (χ3n) is 3.51. The molecule has 4 heteroatoms. The predicted octanol–water partition coefficient (Wildman–Crippen LogP) is 1.66. The van der Waals surface area contributed by atoms with E-state index in [1.165, 1.54) is 12.5 Å². The van der Waals surface area contributed by atoms with Crippen LogP contribution < -0.4 is 0 Å². The van der Waals surface area contributed by atoms with Gasteiger partial charge in [-0.2, -0.15) is 0 Å². The number of carbonyl (C=O) groups excluding carboxylic acids is 1. The Balaban J connectivity index is 2.67. The van der Waals surface area contributed by atoms with Crippen LogP contribution in [-0.4, -0.2) is 35.5 Å². The van der Waals surface area contributed by atoms with Crippen LogP contribution in [0.25, 0.3) is 0 Å². The number of rotatable bonds is 6. The van der Waals surface area contributed by atoms with Crippen molar-refractivity contribution in [3.63, 3.8) is 0 Å². The summed E-state index contributed by atoms with van der Waals surface area (Å²) < 4.78 is 4.98. The molecule has 2 atom stereocenters. The molecule has 1 aliphatic rings. The van der Waals surface area contributed by atoms with E-state index in [0.717, 1.165) is 25.7 Å². The van der Waals surface area contributed by atoms with Gasteiger partial charge in [-0.05, 0) is 25.7 Å². The number of hydrogen-bond acceptors (Lipinski definition) is 4. The van der Waals surface area contributed by atoms with Crippen molar-refractivity contribution in [2.24, 2.45) is 11.8 Å². The van der Waals surface area contributed by atoms with E-state index in [1.807, 2.05) is 0 Å². The number of carbonyl (C=O) groups is 1. The third kappa shape index (κ3) is 4.42. The molecule has 104 valence electrons. The lowest BCUT2D eigenvalue weighted by atomic mass is 9.80. The van der Waals surface area contributed by atoms with Gasteiger partial charge in [-0.15, -0.1) is 0 Å². The van der Waals surface area contributed by atoms with Gasteiger partial charge in [0.2, 0.25) is 0 Å². The Bertz CT molecular complexity index is 269. The minimum absolute atomic E-state index is 0.132. The van der Waals surface area contributed by atoms with Crippen LogP contribution in [0.5, 0.6) is 0 Å². The Labute approximate surface area is 109 Å². The summed E-state index contributed by atoms with van der Waals surface area (Å²) in [7, 11) is 0. The highest BCUT2D eigenvalue weighted by molar-refractivity contribution is 5.75. The highest BCUT2D eigenvalue weighted by Gasteiger charge is 2.32. The van der Waals surface area contributed by atoms with E-state index in [0.29, 0.717) is 6.61 Å². The first-order chi connectivity index (χ1) is 8.70. The van der Waals surface area contributed by atoms with Gasteiger partial charge in [0.05, 0.1) is 19.3 Å². The summed E-state index contributed by atoms with van der Waals surface area (Å²) in [5.41, 5.74) is 0. The molecular weight excluding hydrogens is 232 g/mol. The second kappa shape index (κ2) is 8.27. The lowest BCUT2D eigenvalue weighted by molar-refractivity contribution is -0.151. The standard InChI is InChI=1S/C14H24O4/c1-2-18-14(17)12(9-6-10-15)13(16)11-7-4-3-5-8-11/h6,9,11-13,15-16H,2-5,7-8,10H2,1H3/b9-6+/t12-,13+/m1/s1. The molecule has 0 amide bonds. The molecule has 0 heterocycles. The molecule has 1 aliphatic carbocycles. The number of aliphatic hydroxyl groups is 2. The first-order valence-electron chi connectivity index (χ1n) is 6.83. The summed E-state index contributed by atoms with van der Waals surface area (Å²) in [6.07, 6.45) is 7.72. The van der Waals surface area contributed by atoms with Crippen LogP contribution in [0, 0.1) is 11.8 Å². The Morgan fingerprint density at radius 3 is 2.61 bits per heavy atom. The molecule has 4 nitrogen and oxygen atoms in total. The molecule has 0 spiro atoms. The van der Waals surface area contributed by atoms with E-state index < -0.39 is 18.0 Å². The number of ether oxygens (including phenoxy) is 1. The van der Waals surface area contributed by atoms with E-state index in [4.69, 9.17) is 9.84 Å². The fourth-order valence-corrected chi connectivity index (χ4v) is 2.55. The van der Waals surface area contributed by atoms with Crippen molar-refractivity contribution in [1.82, 2.24) is 0 Å². The number of aliphatic hydroxyl groups excluding tert-OH is 2. The van der Waals surface area contributed by atoms with Crippen LogP contribution in [0.2, 0.25) is 0 Å². The summed E-state index contributed by atoms with van der Waals surface area (Å²) in [6, 6.07) is 0. The van der Waals surface area contributed by atoms with Crippen LogP contribution in [0.1, 0.15) is 39.0 Å². The van der Waals surface area contributed by atoms with Gasteiger partial charge in [0, 0.05) is 0 Å². The van der Waals surface area contributed by atoms with Gasteiger partial charge in [0.25, 0.3) is 0 Å². The van der Waals surface area contributed by atoms with Gasteiger partial charge in [0.15, 0.2) is 0 Å². The van der Waals surface area contributed by atoms with E-state index in [2.05, 4.69) is 0 Å². The first-order valence-corrected chi connectivity index (χ1v) is 6.83. The largest absolute Gasteiger partial charge is 0.465 e. The molecule has 0 aromatic rings. The van der Waals surface area contributed by atoms with E-state index in [1.54, 1.807) is 13.0 Å². The van der Waals surface area contributed by atoms with Gasteiger partial charge in [0.1, 0.15) is 5.92 Å². The van der Waals surface area contributed by atoms with Crippen molar-refractivity contribution in [3.8, 4) is 0 Å². The Hall–Kier alpha value is -0.870. The van der Waals surface area contributed by atoms with E-state index in [-0.39, 0.29) is 12.5 Å². The van der Waals surface area contributed by atoms with Crippen LogP contribution in [-0.2, 0) is 9.53 Å². The summed E-state index contributed by atoms with van der Waals surface area (Å²) in [5.74, 6) is -0.892. The number of hydrogen-bond donors (Lipinski definition) is 2. The maximum Gasteiger partial charge on any atom is 0.315 e. The quantitative estimate of drug-likeness (QED) is 0.560. The zero-order chi connectivity index (χ0) is 13.4. The van der Waals surface area contributed by atoms with E-state index >= 15 is 0 Å². The molecule has 0 saturated heterocycles. The monoisotopic (exact) mass is 256 g/mol. The van der Waals surface area contributed by atoms with Gasteiger partial charge in [-0.1, -0.05) is 31.4 Å². The zero-order valence-corrected chi connectivity index (χ0v) is 11.0. The molecule has 0 aromatic heterocycles.